The second-order valence-electron chi connectivity index (χ2n) is 7.69. The van der Waals surface area contributed by atoms with E-state index in [9.17, 15) is 9.90 Å². The maximum absolute atomic E-state index is 12.8. The zero-order valence-electron chi connectivity index (χ0n) is 19.1. The minimum absolute atomic E-state index is 0.0390. The van der Waals surface area contributed by atoms with Crippen molar-refractivity contribution in [3.63, 3.8) is 0 Å². The highest BCUT2D eigenvalue weighted by Gasteiger charge is 2.27. The summed E-state index contributed by atoms with van der Waals surface area (Å²) >= 11 is 0. The largest absolute Gasteiger partial charge is 0.494 e. The number of esters is 1. The minimum Gasteiger partial charge on any atom is -0.494 e. The number of methoxy groups -OCH3 is 1. The fourth-order valence-electron chi connectivity index (χ4n) is 3.31. The van der Waals surface area contributed by atoms with Crippen LogP contribution in [0.1, 0.15) is 43.5 Å². The number of carbonyl (C=O) groups is 1. The van der Waals surface area contributed by atoms with Crippen LogP contribution in [-0.4, -0.2) is 43.8 Å². The van der Waals surface area contributed by atoms with Crippen molar-refractivity contribution in [3.05, 3.63) is 53.1 Å². The van der Waals surface area contributed by atoms with Crippen LogP contribution in [0.5, 0.6) is 11.5 Å². The van der Waals surface area contributed by atoms with E-state index in [0.29, 0.717) is 40.8 Å². The van der Waals surface area contributed by atoms with Crippen molar-refractivity contribution in [2.24, 2.45) is 11.7 Å². The Kier molecular flexibility index (Phi) is 9.34. The normalized spacial score (nSPS) is 11.7. The molecule has 0 aliphatic rings. The Bertz CT molecular complexity index is 913. The van der Waals surface area contributed by atoms with Crippen molar-refractivity contribution in [2.45, 2.75) is 33.2 Å². The number of carbonyl (C=O) groups excluding carboxylic acids is 1. The summed E-state index contributed by atoms with van der Waals surface area (Å²) in [5.41, 5.74) is 8.25. The lowest BCUT2D eigenvalue weighted by Crippen LogP contribution is -2.24. The fraction of sp³-hybridized carbons (Fsp3) is 0.417. The first-order valence-electron chi connectivity index (χ1n) is 10.6. The number of amidine groups is 1. The Morgan fingerprint density at radius 3 is 2.38 bits per heavy atom. The lowest BCUT2D eigenvalue weighted by Gasteiger charge is -2.23. The van der Waals surface area contributed by atoms with Crippen molar-refractivity contribution < 1.29 is 24.1 Å². The third-order valence-corrected chi connectivity index (χ3v) is 4.72. The number of hydrogen-bond donors (Lipinski definition) is 4. The molecule has 0 aromatic heterocycles. The average molecular weight is 444 g/mol. The lowest BCUT2D eigenvalue weighted by atomic mass is 9.96. The van der Waals surface area contributed by atoms with E-state index in [0.717, 1.165) is 12.0 Å². The van der Waals surface area contributed by atoms with Gasteiger partial charge in [0.2, 0.25) is 0 Å². The highest BCUT2D eigenvalue weighted by atomic mass is 16.5. The molecule has 0 heterocycles. The predicted molar refractivity (Wildman–Crippen MR) is 125 cm³/mol. The molecule has 32 heavy (non-hydrogen) atoms. The average Bonchev–Trinajstić information content (AvgIpc) is 2.77. The Labute approximate surface area is 189 Å². The van der Waals surface area contributed by atoms with E-state index >= 15 is 0 Å². The Hall–Kier alpha value is -3.26. The molecule has 2 aromatic carbocycles. The zero-order chi connectivity index (χ0) is 23.7. The molecular weight excluding hydrogens is 410 g/mol. The standard InChI is InChI=1S/C24H33N3O5/c1-5-31-20-14-19(21(32-11-10-28)13-17(20)12-15(2)3)22(24(29)30-4)27-18-8-6-16(7-9-18)23(25)26/h6-9,13-15,22,27-28H,5,10-12H2,1-4H3,(H3,25,26). The van der Waals surface area contributed by atoms with Crippen molar-refractivity contribution >= 4 is 17.5 Å². The molecule has 1 unspecified atom stereocenters. The molecule has 0 amide bonds. The van der Waals surface area contributed by atoms with Crippen molar-refractivity contribution in [3.8, 4) is 11.5 Å². The molecule has 0 aliphatic carbocycles. The van der Waals surface area contributed by atoms with Crippen LogP contribution < -0.4 is 20.5 Å². The molecule has 0 bridgehead atoms. The van der Waals surface area contributed by atoms with Crippen LogP contribution in [0.4, 0.5) is 5.69 Å². The lowest BCUT2D eigenvalue weighted by molar-refractivity contribution is -0.141. The highest BCUT2D eigenvalue weighted by molar-refractivity contribution is 5.95. The van der Waals surface area contributed by atoms with Gasteiger partial charge in [0.05, 0.1) is 20.3 Å². The number of ether oxygens (including phenoxy) is 3. The van der Waals surface area contributed by atoms with Crippen LogP contribution in [0.25, 0.3) is 0 Å². The summed E-state index contributed by atoms with van der Waals surface area (Å²) < 4.78 is 16.7. The number of nitrogen functional groups attached to an aromatic ring is 1. The number of aliphatic hydroxyl groups is 1. The molecule has 0 spiro atoms. The summed E-state index contributed by atoms with van der Waals surface area (Å²) in [5.74, 6) is 0.994. The van der Waals surface area contributed by atoms with E-state index in [1.807, 2.05) is 13.0 Å². The monoisotopic (exact) mass is 443 g/mol. The summed E-state index contributed by atoms with van der Waals surface area (Å²) in [6.45, 7) is 6.53. The third kappa shape index (κ3) is 6.62. The van der Waals surface area contributed by atoms with Gasteiger partial charge in [-0.15, -0.1) is 0 Å². The molecule has 1 atom stereocenters. The zero-order valence-corrected chi connectivity index (χ0v) is 19.1. The number of nitrogens with two attached hydrogens (primary N) is 1. The third-order valence-electron chi connectivity index (χ3n) is 4.72. The Balaban J connectivity index is 2.54. The molecule has 8 nitrogen and oxygen atoms in total. The molecule has 0 saturated heterocycles. The first-order chi connectivity index (χ1) is 15.3. The van der Waals surface area contributed by atoms with Gasteiger partial charge in [-0.05, 0) is 61.2 Å². The second kappa shape index (κ2) is 12.0. The van der Waals surface area contributed by atoms with Gasteiger partial charge in [0.15, 0.2) is 6.04 Å². The van der Waals surface area contributed by atoms with Gasteiger partial charge in [-0.2, -0.15) is 0 Å². The molecule has 174 valence electrons. The number of aliphatic hydroxyl groups excluding tert-OH is 1. The topological polar surface area (TPSA) is 127 Å². The van der Waals surface area contributed by atoms with E-state index in [-0.39, 0.29) is 19.0 Å². The van der Waals surface area contributed by atoms with Gasteiger partial charge in [0, 0.05) is 16.8 Å². The molecule has 0 saturated carbocycles. The van der Waals surface area contributed by atoms with E-state index in [2.05, 4.69) is 19.2 Å². The molecule has 8 heteroatoms. The fourth-order valence-corrected chi connectivity index (χ4v) is 3.31. The van der Waals surface area contributed by atoms with Crippen molar-refractivity contribution in [1.29, 1.82) is 5.41 Å². The number of rotatable bonds is 12. The van der Waals surface area contributed by atoms with Crippen molar-refractivity contribution in [2.75, 3.05) is 32.2 Å². The highest BCUT2D eigenvalue weighted by Crippen LogP contribution is 2.36. The van der Waals surface area contributed by atoms with Gasteiger partial charge in [-0.1, -0.05) is 13.8 Å². The van der Waals surface area contributed by atoms with Gasteiger partial charge in [0.25, 0.3) is 0 Å². The summed E-state index contributed by atoms with van der Waals surface area (Å²) in [4.78, 5) is 12.8. The maximum Gasteiger partial charge on any atom is 0.333 e. The summed E-state index contributed by atoms with van der Waals surface area (Å²) in [5, 5.41) is 20.0. The molecule has 0 aliphatic heterocycles. The molecule has 5 N–H and O–H groups in total. The van der Waals surface area contributed by atoms with E-state index < -0.39 is 12.0 Å². The first-order valence-corrected chi connectivity index (χ1v) is 10.6. The molecule has 2 rings (SSSR count). The number of anilines is 1. The second-order valence-corrected chi connectivity index (χ2v) is 7.69. The molecule has 2 aromatic rings. The Morgan fingerprint density at radius 2 is 1.84 bits per heavy atom. The van der Waals surface area contributed by atoms with Gasteiger partial charge >= 0.3 is 5.97 Å². The number of nitrogens with one attached hydrogen (secondary N) is 2. The molecular formula is C24H33N3O5. The van der Waals surface area contributed by atoms with Crippen LogP contribution >= 0.6 is 0 Å². The molecule has 0 radical (unpaired) electrons. The van der Waals surface area contributed by atoms with Crippen molar-refractivity contribution in [1.82, 2.24) is 0 Å². The van der Waals surface area contributed by atoms with Gasteiger partial charge in [-0.25, -0.2) is 4.79 Å². The minimum atomic E-state index is -0.885. The maximum atomic E-state index is 12.8. The van der Waals surface area contributed by atoms with E-state index in [1.165, 1.54) is 7.11 Å². The quantitative estimate of drug-likeness (QED) is 0.225. The SMILES string of the molecule is CCOc1cc(C(Nc2ccc(C(=N)N)cc2)C(=O)OC)c(OCCO)cc1CC(C)C. The number of benzene rings is 2. The van der Waals surface area contributed by atoms with Gasteiger partial charge in [0.1, 0.15) is 23.9 Å². The number of hydrogen-bond acceptors (Lipinski definition) is 7. The summed E-state index contributed by atoms with van der Waals surface area (Å²) in [6, 6.07) is 9.64. The van der Waals surface area contributed by atoms with Crippen LogP contribution in [-0.2, 0) is 16.0 Å². The van der Waals surface area contributed by atoms with Gasteiger partial charge in [-0.3, -0.25) is 5.41 Å². The summed E-state index contributed by atoms with van der Waals surface area (Å²) in [7, 11) is 1.32. The summed E-state index contributed by atoms with van der Waals surface area (Å²) in [6.07, 6.45) is 0.772. The van der Waals surface area contributed by atoms with Crippen LogP contribution in [0.15, 0.2) is 36.4 Å². The predicted octanol–water partition coefficient (Wildman–Crippen LogP) is 3.27. The van der Waals surface area contributed by atoms with Crippen LogP contribution in [0, 0.1) is 11.3 Å². The van der Waals surface area contributed by atoms with E-state index in [1.54, 1.807) is 30.3 Å². The Morgan fingerprint density at radius 1 is 1.16 bits per heavy atom. The van der Waals surface area contributed by atoms with Crippen LogP contribution in [0.3, 0.4) is 0 Å². The van der Waals surface area contributed by atoms with Crippen LogP contribution in [0.2, 0.25) is 0 Å². The first kappa shape index (κ1) is 25.0. The smallest absolute Gasteiger partial charge is 0.333 e. The van der Waals surface area contributed by atoms with Gasteiger partial charge < -0.3 is 30.4 Å². The molecule has 0 fully saturated rings. The van der Waals surface area contributed by atoms with E-state index in [4.69, 9.17) is 25.4 Å².